The van der Waals surface area contributed by atoms with Crippen LogP contribution in [0.2, 0.25) is 0 Å². The van der Waals surface area contributed by atoms with Gasteiger partial charge in [0.05, 0.1) is 25.4 Å². The van der Waals surface area contributed by atoms with Crippen molar-refractivity contribution in [1.29, 1.82) is 0 Å². The van der Waals surface area contributed by atoms with Crippen LogP contribution >= 0.6 is 0 Å². The van der Waals surface area contributed by atoms with E-state index >= 15 is 0 Å². The number of ether oxygens (including phenoxy) is 1. The molecule has 0 radical (unpaired) electrons. The molecule has 2 saturated heterocycles. The molecule has 3 amide bonds. The Balaban J connectivity index is 1.51. The van der Waals surface area contributed by atoms with Crippen LogP contribution in [-0.4, -0.2) is 61.5 Å². The molecule has 2 fully saturated rings. The number of nitrogens with one attached hydrogen (secondary N) is 3. The van der Waals surface area contributed by atoms with Crippen molar-refractivity contribution in [2.75, 3.05) is 43.1 Å². The van der Waals surface area contributed by atoms with Gasteiger partial charge in [-0.2, -0.15) is 0 Å². The fourth-order valence-corrected chi connectivity index (χ4v) is 3.02. The van der Waals surface area contributed by atoms with Gasteiger partial charge in [0.1, 0.15) is 0 Å². The molecule has 25 heavy (non-hydrogen) atoms. The smallest absolute Gasteiger partial charge is 0.319 e. The summed E-state index contributed by atoms with van der Waals surface area (Å²) < 4.78 is 5.47. The Hall–Kier alpha value is -2.16. The molecule has 0 aliphatic carbocycles. The molecular formula is C17H24N4O4. The average Bonchev–Trinajstić information content (AvgIpc) is 2.60. The summed E-state index contributed by atoms with van der Waals surface area (Å²) in [5, 5.41) is 18.4. The lowest BCUT2D eigenvalue weighted by molar-refractivity contribution is -0.122. The first kappa shape index (κ1) is 17.7. The molecule has 2 aliphatic heterocycles. The zero-order valence-electron chi connectivity index (χ0n) is 14.2. The van der Waals surface area contributed by atoms with Crippen LogP contribution in [0.25, 0.3) is 0 Å². The number of amides is 3. The summed E-state index contributed by atoms with van der Waals surface area (Å²) >= 11 is 0. The second-order valence-corrected chi connectivity index (χ2v) is 6.65. The highest BCUT2D eigenvalue weighted by Gasteiger charge is 2.35. The summed E-state index contributed by atoms with van der Waals surface area (Å²) in [6.07, 6.45) is 0.589. The van der Waals surface area contributed by atoms with Gasteiger partial charge in [-0.05, 0) is 31.2 Å². The molecule has 2 aliphatic rings. The summed E-state index contributed by atoms with van der Waals surface area (Å²) in [5.74, 6) is 0.115. The average molecular weight is 348 g/mol. The summed E-state index contributed by atoms with van der Waals surface area (Å²) in [4.78, 5) is 25.2. The van der Waals surface area contributed by atoms with Crippen molar-refractivity contribution in [1.82, 2.24) is 10.6 Å². The van der Waals surface area contributed by atoms with E-state index < -0.39 is 5.54 Å². The Kier molecular flexibility index (Phi) is 5.22. The zero-order chi connectivity index (χ0) is 17.9. The van der Waals surface area contributed by atoms with Crippen LogP contribution in [0.15, 0.2) is 24.3 Å². The summed E-state index contributed by atoms with van der Waals surface area (Å²) in [5.41, 5.74) is 0.795. The van der Waals surface area contributed by atoms with Crippen LogP contribution in [0.5, 0.6) is 0 Å². The van der Waals surface area contributed by atoms with E-state index in [1.54, 1.807) is 29.2 Å². The van der Waals surface area contributed by atoms with E-state index in [1.807, 2.05) is 6.92 Å². The first-order valence-corrected chi connectivity index (χ1v) is 8.43. The summed E-state index contributed by atoms with van der Waals surface area (Å²) in [7, 11) is 0. The predicted molar refractivity (Wildman–Crippen MR) is 93.7 cm³/mol. The van der Waals surface area contributed by atoms with Gasteiger partial charge >= 0.3 is 6.03 Å². The van der Waals surface area contributed by atoms with E-state index in [-0.39, 0.29) is 31.1 Å². The normalized spacial score (nSPS) is 26.1. The van der Waals surface area contributed by atoms with Gasteiger partial charge in [-0.15, -0.1) is 0 Å². The van der Waals surface area contributed by atoms with Gasteiger partial charge in [-0.3, -0.25) is 4.79 Å². The standard InChI is InChI=1S/C17H24N4O4/c1-12-8-25-11-17(10-22,20-12)9-18-16(24)19-13-2-4-14(5-3-13)21-7-6-15(21)23/h2-5,12,20,22H,6-11H2,1H3,(H2,18,19,24)/t12-,17+/m1/s1. The third kappa shape index (κ3) is 4.09. The highest BCUT2D eigenvalue weighted by molar-refractivity contribution is 5.99. The number of carbonyl (C=O) groups is 2. The van der Waals surface area contributed by atoms with Crippen LogP contribution < -0.4 is 20.9 Å². The largest absolute Gasteiger partial charge is 0.394 e. The number of aliphatic hydroxyl groups excluding tert-OH is 1. The minimum atomic E-state index is -0.670. The van der Waals surface area contributed by atoms with Crippen molar-refractivity contribution < 1.29 is 19.4 Å². The van der Waals surface area contributed by atoms with E-state index in [9.17, 15) is 14.7 Å². The number of anilines is 2. The second kappa shape index (κ2) is 7.38. The first-order chi connectivity index (χ1) is 12.0. The quantitative estimate of drug-likeness (QED) is 0.573. The van der Waals surface area contributed by atoms with E-state index in [1.165, 1.54) is 0 Å². The molecule has 8 nitrogen and oxygen atoms in total. The Morgan fingerprint density at radius 2 is 2.20 bits per heavy atom. The number of morpholine rings is 1. The maximum Gasteiger partial charge on any atom is 0.319 e. The molecule has 2 atom stereocenters. The lowest BCUT2D eigenvalue weighted by Crippen LogP contribution is -2.65. The maximum atomic E-state index is 12.1. The SMILES string of the molecule is C[C@@H]1COC[C@@](CO)(CNC(=O)Nc2ccc(N3CCC3=O)cc2)N1. The number of nitrogens with zero attached hydrogens (tertiary/aromatic N) is 1. The third-order valence-corrected chi connectivity index (χ3v) is 4.48. The Morgan fingerprint density at radius 1 is 1.44 bits per heavy atom. The third-order valence-electron chi connectivity index (χ3n) is 4.48. The van der Waals surface area contributed by atoms with Gasteiger partial charge in [0.15, 0.2) is 0 Å². The number of aliphatic hydroxyl groups is 1. The molecule has 8 heteroatoms. The van der Waals surface area contributed by atoms with Crippen LogP contribution in [0.3, 0.4) is 0 Å². The lowest BCUT2D eigenvalue weighted by atomic mass is 9.99. The fourth-order valence-electron chi connectivity index (χ4n) is 3.02. The summed E-state index contributed by atoms with van der Waals surface area (Å²) in [6, 6.07) is 6.88. The topological polar surface area (TPSA) is 103 Å². The second-order valence-electron chi connectivity index (χ2n) is 6.65. The van der Waals surface area contributed by atoms with E-state index in [4.69, 9.17) is 4.74 Å². The minimum Gasteiger partial charge on any atom is -0.394 e. The van der Waals surface area contributed by atoms with Crippen molar-refractivity contribution in [2.24, 2.45) is 0 Å². The summed E-state index contributed by atoms with van der Waals surface area (Å²) in [6.45, 7) is 3.75. The van der Waals surface area contributed by atoms with Gasteiger partial charge < -0.3 is 30.7 Å². The molecule has 2 heterocycles. The van der Waals surface area contributed by atoms with Gasteiger partial charge in [0.2, 0.25) is 5.91 Å². The Morgan fingerprint density at radius 3 is 2.76 bits per heavy atom. The van der Waals surface area contributed by atoms with Crippen LogP contribution in [0, 0.1) is 0 Å². The van der Waals surface area contributed by atoms with E-state index in [0.717, 1.165) is 12.2 Å². The number of carbonyl (C=O) groups excluding carboxylic acids is 2. The Bertz CT molecular complexity index is 636. The molecule has 0 saturated carbocycles. The lowest BCUT2D eigenvalue weighted by Gasteiger charge is -2.39. The monoisotopic (exact) mass is 348 g/mol. The molecular weight excluding hydrogens is 324 g/mol. The number of urea groups is 1. The molecule has 0 aromatic heterocycles. The number of β-lactam (4-membered cyclic amide) rings is 1. The molecule has 3 rings (SSSR count). The van der Waals surface area contributed by atoms with Gasteiger partial charge in [-0.1, -0.05) is 0 Å². The van der Waals surface area contributed by atoms with Crippen molar-refractivity contribution in [2.45, 2.75) is 24.9 Å². The molecule has 0 unspecified atom stereocenters. The van der Waals surface area contributed by atoms with Crippen LogP contribution in [0.1, 0.15) is 13.3 Å². The molecule has 0 bridgehead atoms. The molecule has 4 N–H and O–H groups in total. The van der Waals surface area contributed by atoms with Crippen molar-refractivity contribution in [3.8, 4) is 0 Å². The van der Waals surface area contributed by atoms with Crippen molar-refractivity contribution >= 4 is 23.3 Å². The molecule has 1 aromatic rings. The molecule has 1 aromatic carbocycles. The van der Waals surface area contributed by atoms with Crippen LogP contribution in [0.4, 0.5) is 16.2 Å². The number of rotatable bonds is 5. The van der Waals surface area contributed by atoms with Gasteiger partial charge in [-0.25, -0.2) is 4.79 Å². The van der Waals surface area contributed by atoms with Crippen molar-refractivity contribution in [3.63, 3.8) is 0 Å². The van der Waals surface area contributed by atoms with Crippen LogP contribution in [-0.2, 0) is 9.53 Å². The number of hydrogen-bond acceptors (Lipinski definition) is 5. The van der Waals surface area contributed by atoms with Gasteiger partial charge in [0.25, 0.3) is 0 Å². The zero-order valence-corrected chi connectivity index (χ0v) is 14.2. The maximum absolute atomic E-state index is 12.1. The predicted octanol–water partition coefficient (Wildman–Crippen LogP) is 0.284. The highest BCUT2D eigenvalue weighted by Crippen LogP contribution is 2.23. The first-order valence-electron chi connectivity index (χ1n) is 8.43. The van der Waals surface area contributed by atoms with E-state index in [0.29, 0.717) is 25.3 Å². The number of benzene rings is 1. The highest BCUT2D eigenvalue weighted by atomic mass is 16.5. The molecule has 0 spiro atoms. The molecule has 136 valence electrons. The van der Waals surface area contributed by atoms with Gasteiger partial charge in [0, 0.05) is 36.9 Å². The minimum absolute atomic E-state index is 0.113. The fraction of sp³-hybridized carbons (Fsp3) is 0.529. The van der Waals surface area contributed by atoms with E-state index in [2.05, 4.69) is 16.0 Å². The Labute approximate surface area is 146 Å². The van der Waals surface area contributed by atoms with Crippen molar-refractivity contribution in [3.05, 3.63) is 24.3 Å². The number of hydrogen-bond donors (Lipinski definition) is 4.